The van der Waals surface area contributed by atoms with Gasteiger partial charge in [-0.2, -0.15) is 0 Å². The lowest BCUT2D eigenvalue weighted by Gasteiger charge is -2.57. The van der Waals surface area contributed by atoms with E-state index in [1.165, 1.54) is 20.5 Å². The smallest absolute Gasteiger partial charge is 0.337 e. The molecule has 1 aromatic carbocycles. The number of carbonyl (C=O) groups is 1. The third-order valence-electron chi connectivity index (χ3n) is 7.71. The Labute approximate surface area is 220 Å². The minimum absolute atomic E-state index is 0.157. The van der Waals surface area contributed by atoms with Crippen molar-refractivity contribution in [3.63, 3.8) is 0 Å². The van der Waals surface area contributed by atoms with Gasteiger partial charge in [0.25, 0.3) is 0 Å². The fourth-order valence-corrected chi connectivity index (χ4v) is 6.83. The molecule has 0 aliphatic carbocycles. The zero-order chi connectivity index (χ0) is 25.5. The molecule has 5 atom stereocenters. The van der Waals surface area contributed by atoms with Crippen molar-refractivity contribution < 1.29 is 28.8 Å². The summed E-state index contributed by atoms with van der Waals surface area (Å²) in [6, 6.07) is 3.57. The number of halogens is 1. The summed E-state index contributed by atoms with van der Waals surface area (Å²) < 4.78 is 23.6. The minimum Gasteiger partial charge on any atom is -0.504 e. The third-order valence-corrected chi connectivity index (χ3v) is 8.34. The van der Waals surface area contributed by atoms with Gasteiger partial charge in [0.1, 0.15) is 5.75 Å². The molecule has 0 amide bonds. The van der Waals surface area contributed by atoms with Crippen molar-refractivity contribution in [1.29, 1.82) is 0 Å². The molecule has 0 aromatic heterocycles. The maximum atomic E-state index is 12.7. The van der Waals surface area contributed by atoms with Crippen LogP contribution in [0.15, 0.2) is 35.7 Å². The highest BCUT2D eigenvalue weighted by atomic mass is 127. The number of hydrogen-bond acceptors (Lipinski definition) is 8. The molecule has 3 aliphatic rings. The fraction of sp³-hybridized carbons (Fsp3) is 0.577. The Morgan fingerprint density at radius 1 is 1.31 bits per heavy atom. The van der Waals surface area contributed by atoms with E-state index in [2.05, 4.69) is 46.7 Å². The highest BCUT2D eigenvalue weighted by molar-refractivity contribution is 14.1. The Balaban J connectivity index is 1.89. The van der Waals surface area contributed by atoms with Crippen molar-refractivity contribution in [1.82, 2.24) is 4.90 Å². The number of aliphatic hydroxyl groups is 1. The van der Waals surface area contributed by atoms with E-state index in [4.69, 9.17) is 18.9 Å². The summed E-state index contributed by atoms with van der Waals surface area (Å²) in [5, 5.41) is 16.0. The Kier molecular flexibility index (Phi) is 7.32. The number of methoxy groups -OCH3 is 3. The zero-order valence-electron chi connectivity index (χ0n) is 21.2. The molecule has 192 valence electrons. The molecular formula is C26H35IN2O6. The Bertz CT molecular complexity index is 1060. The number of benzene rings is 1. The summed E-state index contributed by atoms with van der Waals surface area (Å²) >= 11 is 2.25. The lowest BCUT2D eigenvalue weighted by Crippen LogP contribution is -2.70. The lowest BCUT2D eigenvalue weighted by atomic mass is 9.68. The molecule has 0 bridgehead atoms. The molecule has 9 heteroatoms. The number of allylic oxidation sites excluding steroid dienone is 1. The molecule has 0 unspecified atom stereocenters. The van der Waals surface area contributed by atoms with Crippen molar-refractivity contribution in [2.45, 2.75) is 51.0 Å². The number of nitrogens with one attached hydrogen (secondary N) is 1. The van der Waals surface area contributed by atoms with Crippen molar-refractivity contribution in [3.8, 4) is 5.75 Å². The van der Waals surface area contributed by atoms with Crippen LogP contribution in [0.4, 0.5) is 5.69 Å². The Morgan fingerprint density at radius 2 is 2.06 bits per heavy atom. The van der Waals surface area contributed by atoms with Crippen LogP contribution in [-0.4, -0.2) is 62.2 Å². The summed E-state index contributed by atoms with van der Waals surface area (Å²) in [4.78, 5) is 15.0. The van der Waals surface area contributed by atoms with Gasteiger partial charge in [0.2, 0.25) is 0 Å². The summed E-state index contributed by atoms with van der Waals surface area (Å²) in [7, 11) is 4.55. The second kappa shape index (κ2) is 9.82. The molecule has 2 N–H and O–H groups in total. The predicted molar refractivity (Wildman–Crippen MR) is 141 cm³/mol. The van der Waals surface area contributed by atoms with E-state index in [1.807, 2.05) is 25.1 Å². The van der Waals surface area contributed by atoms with Crippen LogP contribution in [0.3, 0.4) is 0 Å². The fourth-order valence-electron chi connectivity index (χ4n) is 6.23. The number of hydrogen-bond donors (Lipinski definition) is 2. The maximum Gasteiger partial charge on any atom is 0.337 e. The average molecular weight is 598 g/mol. The van der Waals surface area contributed by atoms with Gasteiger partial charge in [-0.15, -0.1) is 0 Å². The van der Waals surface area contributed by atoms with Crippen LogP contribution in [0.5, 0.6) is 5.75 Å². The predicted octanol–water partition coefficient (Wildman–Crippen LogP) is 3.98. The standard InChI is InChI=1S/C26H35IN2O6/c1-7-16-13-29-15(3)12-25(35-8-2)23-20(9-17(27)10-21(23)33-5)28-26(25,31)22(29)11-18(16)19(14-32-4)24(30)34-6/h9-10,12,14,16,18,22,28,31H,7-8,11,13H2,1-6H3/b19-14+/t16-,18+,22+,25+,26+/m1/s1. The first kappa shape index (κ1) is 26.1. The maximum absolute atomic E-state index is 12.7. The van der Waals surface area contributed by atoms with Crippen molar-refractivity contribution in [2.24, 2.45) is 11.8 Å². The van der Waals surface area contributed by atoms with Gasteiger partial charge < -0.3 is 34.3 Å². The molecule has 1 saturated heterocycles. The average Bonchev–Trinajstić information content (AvgIpc) is 3.09. The zero-order valence-corrected chi connectivity index (χ0v) is 23.3. The van der Waals surface area contributed by atoms with Gasteiger partial charge in [-0.25, -0.2) is 4.79 Å². The molecule has 0 spiro atoms. The molecule has 1 aromatic rings. The normalized spacial score (nSPS) is 31.5. The number of fused-ring (bicyclic) bond motifs is 5. The first-order valence-corrected chi connectivity index (χ1v) is 13.1. The van der Waals surface area contributed by atoms with E-state index >= 15 is 0 Å². The first-order chi connectivity index (χ1) is 16.7. The minimum atomic E-state index is -1.49. The summed E-state index contributed by atoms with van der Waals surface area (Å²) in [6.45, 7) is 7.19. The van der Waals surface area contributed by atoms with Crippen LogP contribution >= 0.6 is 22.6 Å². The molecule has 0 radical (unpaired) electrons. The van der Waals surface area contributed by atoms with E-state index in [1.54, 1.807) is 7.11 Å². The third kappa shape index (κ3) is 3.90. The molecule has 8 nitrogen and oxygen atoms in total. The molecule has 3 aliphatic heterocycles. The lowest BCUT2D eigenvalue weighted by molar-refractivity contribution is -0.190. The number of piperidine rings is 1. The highest BCUT2D eigenvalue weighted by Crippen LogP contribution is 2.59. The second-order valence-electron chi connectivity index (χ2n) is 9.36. The van der Waals surface area contributed by atoms with E-state index < -0.39 is 17.3 Å². The van der Waals surface area contributed by atoms with Crippen molar-refractivity contribution in [3.05, 3.63) is 44.9 Å². The van der Waals surface area contributed by atoms with E-state index in [0.717, 1.165) is 26.9 Å². The highest BCUT2D eigenvalue weighted by Gasteiger charge is 2.67. The molecule has 1 fully saturated rings. The van der Waals surface area contributed by atoms with Crippen LogP contribution in [0.1, 0.15) is 39.2 Å². The number of esters is 1. The largest absolute Gasteiger partial charge is 0.504 e. The number of rotatable bonds is 7. The van der Waals surface area contributed by atoms with Gasteiger partial charge in [-0.1, -0.05) is 13.3 Å². The van der Waals surface area contributed by atoms with Gasteiger partial charge in [-0.05, 0) is 67.0 Å². The molecule has 0 saturated carbocycles. The van der Waals surface area contributed by atoms with Crippen LogP contribution < -0.4 is 10.1 Å². The SMILES string of the molecule is CCO[C@]12C=C(C)N3C[C@@H](CC)[C@@H](/C(=C\OC)C(=O)OC)C[C@H]3[C@@]1(O)Nc1cc(I)cc(OC)c12. The summed E-state index contributed by atoms with van der Waals surface area (Å²) in [6.07, 6.45) is 4.90. The van der Waals surface area contributed by atoms with Crippen LogP contribution in [0.25, 0.3) is 0 Å². The number of anilines is 1. The number of nitrogens with zero attached hydrogens (tertiary/aromatic N) is 1. The quantitative estimate of drug-likeness (QED) is 0.211. The van der Waals surface area contributed by atoms with Gasteiger partial charge in [0.05, 0.1) is 44.8 Å². The number of carbonyl (C=O) groups excluding carboxylic acids is 1. The van der Waals surface area contributed by atoms with Crippen LogP contribution in [0.2, 0.25) is 0 Å². The Hall–Kier alpha value is -1.98. The second-order valence-corrected chi connectivity index (χ2v) is 10.6. The van der Waals surface area contributed by atoms with Gasteiger partial charge in [-0.3, -0.25) is 0 Å². The van der Waals surface area contributed by atoms with Crippen LogP contribution in [0, 0.1) is 15.4 Å². The monoisotopic (exact) mass is 598 g/mol. The van der Waals surface area contributed by atoms with E-state index in [9.17, 15) is 9.90 Å². The summed E-state index contributed by atoms with van der Waals surface area (Å²) in [5.74, 6) is 0.274. The van der Waals surface area contributed by atoms with E-state index in [0.29, 0.717) is 30.9 Å². The topological polar surface area (TPSA) is 89.5 Å². The van der Waals surface area contributed by atoms with Gasteiger partial charge in [0, 0.05) is 34.0 Å². The summed E-state index contributed by atoms with van der Waals surface area (Å²) in [5.41, 5.74) is 0.438. The molecule has 4 rings (SSSR count). The first-order valence-electron chi connectivity index (χ1n) is 12.0. The Morgan fingerprint density at radius 3 is 2.66 bits per heavy atom. The van der Waals surface area contributed by atoms with Crippen molar-refractivity contribution in [2.75, 3.05) is 39.8 Å². The molecule has 35 heavy (non-hydrogen) atoms. The molecule has 3 heterocycles. The number of ether oxygens (including phenoxy) is 4. The van der Waals surface area contributed by atoms with Gasteiger partial charge >= 0.3 is 5.97 Å². The molecular weight excluding hydrogens is 563 g/mol. The van der Waals surface area contributed by atoms with E-state index in [-0.39, 0.29) is 17.9 Å². The van der Waals surface area contributed by atoms with Crippen molar-refractivity contribution >= 4 is 34.2 Å². The van der Waals surface area contributed by atoms with Crippen LogP contribution in [-0.2, 0) is 24.6 Å². The van der Waals surface area contributed by atoms with Gasteiger partial charge in [0.15, 0.2) is 11.3 Å².